The van der Waals surface area contributed by atoms with E-state index in [1.54, 1.807) is 7.11 Å². The highest BCUT2D eigenvalue weighted by Crippen LogP contribution is 2.16. The van der Waals surface area contributed by atoms with Gasteiger partial charge >= 0.3 is 0 Å². The fourth-order valence-electron chi connectivity index (χ4n) is 2.18. The Morgan fingerprint density at radius 1 is 1.25 bits per heavy atom. The van der Waals surface area contributed by atoms with E-state index in [1.165, 1.54) is 12.8 Å². The average molecular weight is 231 g/mol. The summed E-state index contributed by atoms with van der Waals surface area (Å²) in [5.74, 6) is 0. The molecule has 4 heteroatoms. The van der Waals surface area contributed by atoms with Crippen LogP contribution >= 0.6 is 0 Å². The monoisotopic (exact) mass is 231 g/mol. The zero-order valence-corrected chi connectivity index (χ0v) is 10.4. The molecule has 4 nitrogen and oxygen atoms in total. The molecule has 16 heavy (non-hydrogen) atoms. The van der Waals surface area contributed by atoms with Crippen LogP contribution in [-0.4, -0.2) is 62.7 Å². The molecule has 0 spiro atoms. The molecule has 1 aliphatic rings. The Morgan fingerprint density at radius 3 is 2.88 bits per heavy atom. The quantitative estimate of drug-likeness (QED) is 0.630. The van der Waals surface area contributed by atoms with E-state index in [9.17, 15) is 5.11 Å². The Labute approximate surface area is 98.5 Å². The molecule has 0 radical (unpaired) electrons. The second-order valence-electron chi connectivity index (χ2n) is 4.33. The van der Waals surface area contributed by atoms with Crippen molar-refractivity contribution in [2.75, 3.05) is 46.6 Å². The largest absolute Gasteiger partial charge is 0.395 e. The lowest BCUT2D eigenvalue weighted by atomic mass is 10.0. The predicted octanol–water partition coefficient (Wildman–Crippen LogP) is 0.886. The van der Waals surface area contributed by atoms with Gasteiger partial charge in [0.1, 0.15) is 0 Å². The van der Waals surface area contributed by atoms with Crippen LogP contribution in [0.5, 0.6) is 0 Å². The third kappa shape index (κ3) is 5.25. The van der Waals surface area contributed by atoms with Gasteiger partial charge in [-0.15, -0.1) is 0 Å². The van der Waals surface area contributed by atoms with Crippen molar-refractivity contribution in [2.24, 2.45) is 0 Å². The van der Waals surface area contributed by atoms with Crippen LogP contribution in [0.2, 0.25) is 0 Å². The molecule has 0 saturated carbocycles. The van der Waals surface area contributed by atoms with Gasteiger partial charge < -0.3 is 14.6 Å². The van der Waals surface area contributed by atoms with Crippen molar-refractivity contribution in [1.29, 1.82) is 0 Å². The van der Waals surface area contributed by atoms with Crippen LogP contribution in [-0.2, 0) is 9.47 Å². The summed E-state index contributed by atoms with van der Waals surface area (Å²) in [7, 11) is 1.68. The number of hydrogen-bond acceptors (Lipinski definition) is 4. The minimum Gasteiger partial charge on any atom is -0.395 e. The fraction of sp³-hybridized carbons (Fsp3) is 1.00. The van der Waals surface area contributed by atoms with E-state index >= 15 is 0 Å². The molecule has 96 valence electrons. The smallest absolute Gasteiger partial charge is 0.0700 e. The number of ether oxygens (including phenoxy) is 2. The van der Waals surface area contributed by atoms with Crippen LogP contribution in [0.15, 0.2) is 0 Å². The minimum absolute atomic E-state index is 0.296. The van der Waals surface area contributed by atoms with Crippen molar-refractivity contribution >= 4 is 0 Å². The average Bonchev–Trinajstić information content (AvgIpc) is 2.34. The molecule has 0 aromatic carbocycles. The van der Waals surface area contributed by atoms with Crippen molar-refractivity contribution < 1.29 is 14.6 Å². The van der Waals surface area contributed by atoms with Crippen molar-refractivity contribution in [2.45, 2.75) is 31.7 Å². The fourth-order valence-corrected chi connectivity index (χ4v) is 2.18. The SMILES string of the molecule is COCCOCCCN1CCCCC1CO. The summed E-state index contributed by atoms with van der Waals surface area (Å²) in [5.41, 5.74) is 0. The lowest BCUT2D eigenvalue weighted by molar-refractivity contribution is 0.0514. The van der Waals surface area contributed by atoms with E-state index in [0.29, 0.717) is 25.9 Å². The van der Waals surface area contributed by atoms with Crippen molar-refractivity contribution in [1.82, 2.24) is 4.90 Å². The van der Waals surface area contributed by atoms with E-state index in [0.717, 1.165) is 32.5 Å². The molecule has 0 bridgehead atoms. The first kappa shape index (κ1) is 13.9. The van der Waals surface area contributed by atoms with Gasteiger partial charge in [0.25, 0.3) is 0 Å². The summed E-state index contributed by atoms with van der Waals surface area (Å²) >= 11 is 0. The topological polar surface area (TPSA) is 41.9 Å². The lowest BCUT2D eigenvalue weighted by Crippen LogP contribution is -2.42. The molecule has 1 N–H and O–H groups in total. The summed E-state index contributed by atoms with van der Waals surface area (Å²) in [6.45, 7) is 4.60. The summed E-state index contributed by atoms with van der Waals surface area (Å²) in [6.07, 6.45) is 4.70. The zero-order chi connectivity index (χ0) is 11.6. The van der Waals surface area contributed by atoms with Gasteiger partial charge in [-0.1, -0.05) is 6.42 Å². The first-order valence-corrected chi connectivity index (χ1v) is 6.30. The number of hydrogen-bond donors (Lipinski definition) is 1. The van der Waals surface area contributed by atoms with Crippen molar-refractivity contribution in [3.05, 3.63) is 0 Å². The Hall–Kier alpha value is -0.160. The van der Waals surface area contributed by atoms with E-state index < -0.39 is 0 Å². The molecule has 0 aromatic rings. The number of piperidine rings is 1. The van der Waals surface area contributed by atoms with Gasteiger partial charge in [0.05, 0.1) is 19.8 Å². The number of rotatable bonds is 8. The van der Waals surface area contributed by atoms with Gasteiger partial charge in [-0.3, -0.25) is 4.90 Å². The summed E-state index contributed by atoms with van der Waals surface area (Å²) in [5, 5.41) is 9.24. The molecule has 1 unspecified atom stereocenters. The maximum absolute atomic E-state index is 9.24. The molecule has 1 atom stereocenters. The molecular formula is C12H25NO3. The number of nitrogens with zero attached hydrogens (tertiary/aromatic N) is 1. The highest BCUT2D eigenvalue weighted by atomic mass is 16.5. The Balaban J connectivity index is 2.02. The Morgan fingerprint density at radius 2 is 2.12 bits per heavy atom. The summed E-state index contributed by atoms with van der Waals surface area (Å²) in [4.78, 5) is 2.39. The predicted molar refractivity (Wildman–Crippen MR) is 63.6 cm³/mol. The molecule has 1 aliphatic heterocycles. The summed E-state index contributed by atoms with van der Waals surface area (Å²) in [6, 6.07) is 0.382. The van der Waals surface area contributed by atoms with E-state index in [1.807, 2.05) is 0 Å². The van der Waals surface area contributed by atoms with Gasteiger partial charge in [0.2, 0.25) is 0 Å². The van der Waals surface area contributed by atoms with Crippen LogP contribution in [0.1, 0.15) is 25.7 Å². The van der Waals surface area contributed by atoms with Gasteiger partial charge in [-0.25, -0.2) is 0 Å². The van der Waals surface area contributed by atoms with Crippen LogP contribution in [0.3, 0.4) is 0 Å². The number of likely N-dealkylation sites (tertiary alicyclic amines) is 1. The van der Waals surface area contributed by atoms with Crippen LogP contribution in [0.4, 0.5) is 0 Å². The van der Waals surface area contributed by atoms with Crippen LogP contribution < -0.4 is 0 Å². The highest BCUT2D eigenvalue weighted by Gasteiger charge is 2.20. The molecule has 0 aliphatic carbocycles. The van der Waals surface area contributed by atoms with Crippen LogP contribution in [0, 0.1) is 0 Å². The molecule has 1 fully saturated rings. The second-order valence-corrected chi connectivity index (χ2v) is 4.33. The second kappa shape index (κ2) is 8.93. The molecule has 1 heterocycles. The maximum Gasteiger partial charge on any atom is 0.0700 e. The van der Waals surface area contributed by atoms with E-state index in [4.69, 9.17) is 9.47 Å². The molecular weight excluding hydrogens is 206 g/mol. The number of methoxy groups -OCH3 is 1. The Kier molecular flexibility index (Phi) is 7.76. The minimum atomic E-state index is 0.296. The van der Waals surface area contributed by atoms with Gasteiger partial charge in [0, 0.05) is 26.3 Å². The van der Waals surface area contributed by atoms with Crippen molar-refractivity contribution in [3.63, 3.8) is 0 Å². The van der Waals surface area contributed by atoms with E-state index in [2.05, 4.69) is 4.90 Å². The van der Waals surface area contributed by atoms with Crippen LogP contribution in [0.25, 0.3) is 0 Å². The highest BCUT2D eigenvalue weighted by molar-refractivity contribution is 4.75. The van der Waals surface area contributed by atoms with Gasteiger partial charge in [0.15, 0.2) is 0 Å². The molecule has 1 rings (SSSR count). The normalized spacial score (nSPS) is 22.5. The molecule has 1 saturated heterocycles. The number of aliphatic hydroxyl groups excluding tert-OH is 1. The van der Waals surface area contributed by atoms with Gasteiger partial charge in [-0.05, 0) is 25.8 Å². The van der Waals surface area contributed by atoms with Crippen molar-refractivity contribution in [3.8, 4) is 0 Å². The third-order valence-electron chi connectivity index (χ3n) is 3.13. The maximum atomic E-state index is 9.24. The molecule has 0 aromatic heterocycles. The summed E-state index contributed by atoms with van der Waals surface area (Å²) < 4.78 is 10.3. The first-order valence-electron chi connectivity index (χ1n) is 6.30. The Bertz CT molecular complexity index is 166. The zero-order valence-electron chi connectivity index (χ0n) is 10.4. The lowest BCUT2D eigenvalue weighted by Gasteiger charge is -2.34. The standard InChI is InChI=1S/C12H25NO3/c1-15-9-10-16-8-4-7-13-6-3-2-5-12(13)11-14/h12,14H,2-11H2,1H3. The number of aliphatic hydroxyl groups is 1. The first-order chi connectivity index (χ1) is 7.88. The van der Waals surface area contributed by atoms with Gasteiger partial charge in [-0.2, -0.15) is 0 Å². The molecule has 0 amide bonds. The van der Waals surface area contributed by atoms with E-state index in [-0.39, 0.29) is 0 Å². The third-order valence-corrected chi connectivity index (χ3v) is 3.13.